The maximum atomic E-state index is 11.9. The van der Waals surface area contributed by atoms with Crippen molar-refractivity contribution in [1.82, 2.24) is 5.32 Å². The number of aliphatic hydroxyl groups is 1. The summed E-state index contributed by atoms with van der Waals surface area (Å²) in [6, 6.07) is -0.0436. The smallest absolute Gasteiger partial charge is 0.220 e. The molecule has 0 aromatic carbocycles. The summed E-state index contributed by atoms with van der Waals surface area (Å²) in [6.45, 7) is 4.50. The molecule has 0 aliphatic rings. The van der Waals surface area contributed by atoms with Gasteiger partial charge in [0.25, 0.3) is 0 Å². The van der Waals surface area contributed by atoms with Gasteiger partial charge < -0.3 is 10.4 Å². The predicted octanol–water partition coefficient (Wildman–Crippen LogP) is 5.35. The van der Waals surface area contributed by atoms with Crippen molar-refractivity contribution >= 4 is 5.91 Å². The lowest BCUT2D eigenvalue weighted by Crippen LogP contribution is -2.37. The summed E-state index contributed by atoms with van der Waals surface area (Å²) in [5, 5.41) is 12.3. The van der Waals surface area contributed by atoms with Crippen LogP contribution in [0.25, 0.3) is 0 Å². The fraction of sp³-hybridized carbons (Fsp3) is 0.950. The van der Waals surface area contributed by atoms with E-state index in [0.29, 0.717) is 6.42 Å². The number of hydrogen-bond acceptors (Lipinski definition) is 2. The molecule has 0 radical (unpaired) electrons. The molecular formula is C20H41NO2. The minimum absolute atomic E-state index is 0.0436. The second kappa shape index (κ2) is 17.8. The Morgan fingerprint density at radius 3 is 1.78 bits per heavy atom. The summed E-state index contributed by atoms with van der Waals surface area (Å²) >= 11 is 0. The van der Waals surface area contributed by atoms with Crippen LogP contribution in [0.4, 0.5) is 0 Å². The normalized spacial score (nSPS) is 12.3. The van der Waals surface area contributed by atoms with Gasteiger partial charge in [0.05, 0.1) is 12.6 Å². The molecule has 0 rings (SSSR count). The zero-order valence-electron chi connectivity index (χ0n) is 15.7. The Bertz CT molecular complexity index is 256. The highest BCUT2D eigenvalue weighted by atomic mass is 16.3. The molecule has 0 aromatic heterocycles. The first-order valence-electron chi connectivity index (χ1n) is 10.1. The molecule has 138 valence electrons. The average molecular weight is 328 g/mol. The maximum Gasteiger partial charge on any atom is 0.220 e. The molecule has 0 saturated carbocycles. The highest BCUT2D eigenvalue weighted by molar-refractivity contribution is 5.76. The van der Waals surface area contributed by atoms with E-state index in [-0.39, 0.29) is 18.6 Å². The van der Waals surface area contributed by atoms with Crippen LogP contribution >= 0.6 is 0 Å². The van der Waals surface area contributed by atoms with Gasteiger partial charge in [-0.15, -0.1) is 0 Å². The van der Waals surface area contributed by atoms with Gasteiger partial charge >= 0.3 is 0 Å². The SMILES string of the molecule is CCCCCCCCCCCC(=O)NC(CO)CCCCCC. The molecule has 0 aromatic rings. The van der Waals surface area contributed by atoms with Gasteiger partial charge in [0.15, 0.2) is 0 Å². The predicted molar refractivity (Wildman–Crippen MR) is 99.6 cm³/mol. The van der Waals surface area contributed by atoms with Gasteiger partial charge in [-0.3, -0.25) is 4.79 Å². The molecule has 0 aliphatic carbocycles. The van der Waals surface area contributed by atoms with E-state index < -0.39 is 0 Å². The van der Waals surface area contributed by atoms with E-state index in [2.05, 4.69) is 19.2 Å². The van der Waals surface area contributed by atoms with Crippen LogP contribution in [0.1, 0.15) is 110 Å². The van der Waals surface area contributed by atoms with Crippen molar-refractivity contribution in [2.24, 2.45) is 0 Å². The lowest BCUT2D eigenvalue weighted by molar-refractivity contribution is -0.122. The summed E-state index contributed by atoms with van der Waals surface area (Å²) in [7, 11) is 0. The minimum atomic E-state index is -0.0436. The van der Waals surface area contributed by atoms with Crippen LogP contribution in [-0.2, 0) is 4.79 Å². The molecule has 0 spiro atoms. The Labute approximate surface area is 144 Å². The number of carbonyl (C=O) groups is 1. The Balaban J connectivity index is 3.46. The summed E-state index contributed by atoms with van der Waals surface area (Å²) < 4.78 is 0. The molecule has 2 N–H and O–H groups in total. The highest BCUT2D eigenvalue weighted by Crippen LogP contribution is 2.11. The van der Waals surface area contributed by atoms with Crippen LogP contribution in [0.5, 0.6) is 0 Å². The first-order chi connectivity index (χ1) is 11.2. The molecule has 0 heterocycles. The first kappa shape index (κ1) is 22.4. The largest absolute Gasteiger partial charge is 0.394 e. The van der Waals surface area contributed by atoms with Crippen LogP contribution in [0, 0.1) is 0 Å². The van der Waals surface area contributed by atoms with Crippen LogP contribution in [0.3, 0.4) is 0 Å². The van der Waals surface area contributed by atoms with Crippen molar-refractivity contribution in [3.05, 3.63) is 0 Å². The topological polar surface area (TPSA) is 49.3 Å². The Kier molecular flexibility index (Phi) is 17.3. The molecule has 3 nitrogen and oxygen atoms in total. The zero-order valence-corrected chi connectivity index (χ0v) is 15.7. The maximum absolute atomic E-state index is 11.9. The van der Waals surface area contributed by atoms with Crippen LogP contribution < -0.4 is 5.32 Å². The lowest BCUT2D eigenvalue weighted by atomic mass is 10.1. The zero-order chi connectivity index (χ0) is 17.2. The number of amides is 1. The average Bonchev–Trinajstić information content (AvgIpc) is 2.56. The van der Waals surface area contributed by atoms with Crippen molar-refractivity contribution in [1.29, 1.82) is 0 Å². The lowest BCUT2D eigenvalue weighted by Gasteiger charge is -2.16. The molecule has 1 amide bonds. The van der Waals surface area contributed by atoms with E-state index in [4.69, 9.17) is 0 Å². The van der Waals surface area contributed by atoms with Crippen LogP contribution in [-0.4, -0.2) is 23.7 Å². The number of unbranched alkanes of at least 4 members (excludes halogenated alkanes) is 11. The highest BCUT2D eigenvalue weighted by Gasteiger charge is 2.10. The number of hydrogen-bond donors (Lipinski definition) is 2. The molecule has 0 fully saturated rings. The number of carbonyl (C=O) groups excluding carboxylic acids is 1. The van der Waals surface area contributed by atoms with E-state index in [1.54, 1.807) is 0 Å². The van der Waals surface area contributed by atoms with Gasteiger partial charge in [-0.05, 0) is 12.8 Å². The molecule has 0 aliphatic heterocycles. The van der Waals surface area contributed by atoms with Gasteiger partial charge in [-0.2, -0.15) is 0 Å². The summed E-state index contributed by atoms with van der Waals surface area (Å²) in [6.07, 6.45) is 17.7. The Morgan fingerprint density at radius 1 is 0.783 bits per heavy atom. The number of nitrogens with one attached hydrogen (secondary N) is 1. The van der Waals surface area contributed by atoms with Crippen molar-refractivity contribution in [3.63, 3.8) is 0 Å². The van der Waals surface area contributed by atoms with Gasteiger partial charge in [-0.25, -0.2) is 0 Å². The monoisotopic (exact) mass is 327 g/mol. The Hall–Kier alpha value is -0.570. The van der Waals surface area contributed by atoms with Gasteiger partial charge in [0.2, 0.25) is 5.91 Å². The quantitative estimate of drug-likeness (QED) is 0.354. The van der Waals surface area contributed by atoms with E-state index in [0.717, 1.165) is 25.7 Å². The summed E-state index contributed by atoms with van der Waals surface area (Å²) in [5.74, 6) is 0.113. The van der Waals surface area contributed by atoms with Crippen molar-refractivity contribution < 1.29 is 9.90 Å². The van der Waals surface area contributed by atoms with E-state index >= 15 is 0 Å². The molecule has 0 saturated heterocycles. The number of rotatable bonds is 17. The first-order valence-corrected chi connectivity index (χ1v) is 10.1. The van der Waals surface area contributed by atoms with Crippen LogP contribution in [0.15, 0.2) is 0 Å². The van der Waals surface area contributed by atoms with Crippen molar-refractivity contribution in [3.8, 4) is 0 Å². The Morgan fingerprint density at radius 2 is 1.26 bits per heavy atom. The second-order valence-corrected chi connectivity index (χ2v) is 6.87. The molecule has 1 atom stereocenters. The number of aliphatic hydroxyl groups excluding tert-OH is 1. The second-order valence-electron chi connectivity index (χ2n) is 6.87. The summed E-state index contributed by atoms with van der Waals surface area (Å²) in [4.78, 5) is 11.9. The fourth-order valence-electron chi connectivity index (χ4n) is 2.92. The van der Waals surface area contributed by atoms with Gasteiger partial charge in [-0.1, -0.05) is 90.9 Å². The third kappa shape index (κ3) is 16.1. The molecule has 3 heteroatoms. The van der Waals surface area contributed by atoms with Crippen LogP contribution in [0.2, 0.25) is 0 Å². The molecule has 0 bridgehead atoms. The van der Waals surface area contributed by atoms with Crippen molar-refractivity contribution in [2.75, 3.05) is 6.61 Å². The fourth-order valence-corrected chi connectivity index (χ4v) is 2.92. The third-order valence-electron chi connectivity index (χ3n) is 4.50. The van der Waals surface area contributed by atoms with E-state index in [1.807, 2.05) is 0 Å². The van der Waals surface area contributed by atoms with E-state index in [1.165, 1.54) is 64.2 Å². The van der Waals surface area contributed by atoms with Gasteiger partial charge in [0, 0.05) is 6.42 Å². The third-order valence-corrected chi connectivity index (χ3v) is 4.50. The van der Waals surface area contributed by atoms with Gasteiger partial charge in [0.1, 0.15) is 0 Å². The van der Waals surface area contributed by atoms with Crippen molar-refractivity contribution in [2.45, 2.75) is 116 Å². The minimum Gasteiger partial charge on any atom is -0.394 e. The molecule has 1 unspecified atom stereocenters. The summed E-state index contributed by atoms with van der Waals surface area (Å²) in [5.41, 5.74) is 0. The van der Waals surface area contributed by atoms with E-state index in [9.17, 15) is 9.90 Å². The molecular weight excluding hydrogens is 286 g/mol. The standard InChI is InChI=1S/C20H41NO2/c1-3-5-7-9-10-11-12-13-15-17-20(23)21-19(18-22)16-14-8-6-4-2/h19,22H,3-18H2,1-2H3,(H,21,23). The molecule has 23 heavy (non-hydrogen) atoms.